The number of carbonyl (C=O) groups excluding carboxylic acids is 3. The molecule has 1 aromatic rings. The molecule has 4 rings (SSSR count). The molecule has 1 amide bonds. The highest BCUT2D eigenvalue weighted by atomic mass is 16.3. The summed E-state index contributed by atoms with van der Waals surface area (Å²) in [6, 6.07) is 1.58. The van der Waals surface area contributed by atoms with E-state index in [1.807, 2.05) is 0 Å². The van der Waals surface area contributed by atoms with Crippen LogP contribution in [0, 0.1) is 11.8 Å². The van der Waals surface area contributed by atoms with E-state index in [-0.39, 0.29) is 36.0 Å². The van der Waals surface area contributed by atoms with E-state index in [2.05, 4.69) is 0 Å². The molecule has 10 nitrogen and oxygen atoms in total. The fourth-order valence-corrected chi connectivity index (χ4v) is 5.24. The second-order valence-electron chi connectivity index (χ2n) is 8.72. The first-order chi connectivity index (χ1) is 14.9. The number of ketones is 2. The number of amides is 1. The van der Waals surface area contributed by atoms with Gasteiger partial charge in [0.25, 0.3) is 5.91 Å². The lowest BCUT2D eigenvalue weighted by molar-refractivity contribution is -0.144. The summed E-state index contributed by atoms with van der Waals surface area (Å²) < 4.78 is 0. The van der Waals surface area contributed by atoms with E-state index in [0.717, 1.165) is 0 Å². The Morgan fingerprint density at radius 1 is 1.22 bits per heavy atom. The van der Waals surface area contributed by atoms with Gasteiger partial charge in [0, 0.05) is 43.3 Å². The van der Waals surface area contributed by atoms with E-state index in [1.54, 1.807) is 25.1 Å². The smallest absolute Gasteiger partial charge is 0.255 e. The summed E-state index contributed by atoms with van der Waals surface area (Å²) in [6.45, 7) is -0.530. The normalized spacial score (nSPS) is 27.1. The molecule has 0 radical (unpaired) electrons. The van der Waals surface area contributed by atoms with Crippen molar-refractivity contribution in [1.29, 1.82) is 0 Å². The Kier molecular flexibility index (Phi) is 4.83. The number of nitrogens with zero attached hydrogens (tertiary/aromatic N) is 1. The maximum absolute atomic E-state index is 13.5. The van der Waals surface area contributed by atoms with Crippen LogP contribution in [-0.2, 0) is 22.6 Å². The van der Waals surface area contributed by atoms with Crippen LogP contribution in [0.3, 0.4) is 0 Å². The number of phenols is 1. The highest BCUT2D eigenvalue weighted by molar-refractivity contribution is 6.24. The largest absolute Gasteiger partial charge is 0.511 e. The number of Topliss-reactive ketones (excluding diaryl/α,β-unsaturated/α-hetero) is 2. The molecule has 0 spiro atoms. The van der Waals surface area contributed by atoms with Crippen molar-refractivity contribution in [3.05, 3.63) is 45.4 Å². The van der Waals surface area contributed by atoms with Gasteiger partial charge in [0.2, 0.25) is 5.78 Å². The summed E-state index contributed by atoms with van der Waals surface area (Å²) >= 11 is 0. The second-order valence-corrected chi connectivity index (χ2v) is 8.72. The van der Waals surface area contributed by atoms with E-state index in [4.69, 9.17) is 5.73 Å². The Morgan fingerprint density at radius 2 is 1.88 bits per heavy atom. The van der Waals surface area contributed by atoms with Gasteiger partial charge < -0.3 is 36.2 Å². The molecule has 7 N–H and O–H groups in total. The number of nitrogens with two attached hydrogens (primary N) is 1. The van der Waals surface area contributed by atoms with Crippen molar-refractivity contribution >= 4 is 23.2 Å². The van der Waals surface area contributed by atoms with E-state index >= 15 is 0 Å². The van der Waals surface area contributed by atoms with Gasteiger partial charge in [-0.3, -0.25) is 14.4 Å². The Morgan fingerprint density at radius 3 is 2.44 bits per heavy atom. The zero-order valence-electron chi connectivity index (χ0n) is 17.5. The Balaban J connectivity index is 1.95. The molecule has 3 atom stereocenters. The molecule has 0 unspecified atom stereocenters. The Bertz CT molecular complexity index is 1150. The van der Waals surface area contributed by atoms with Crippen LogP contribution in [0.4, 0.5) is 5.69 Å². The number of carbonyl (C=O) groups is 3. The van der Waals surface area contributed by atoms with Crippen LogP contribution in [-0.4, -0.2) is 62.7 Å². The number of primary amides is 1. The lowest BCUT2D eigenvalue weighted by Gasteiger charge is -2.45. The van der Waals surface area contributed by atoms with Crippen molar-refractivity contribution in [3.63, 3.8) is 0 Å². The SMILES string of the molecule is CN(C)c1cc(CO)c(O)c2c1C[C@H]1C[C@H]3CC(O)=C(C(N)=O)C(=O)[C@@]3(O)C(O)=C1C2=O. The second kappa shape index (κ2) is 7.07. The average molecular weight is 444 g/mol. The standard InChI is InChI=1S/C22H24N2O8/c1-24(2)12-5-9(7-25)17(27)15-11(12)4-8-3-10-6-13(26)16(21(23)31)20(30)22(10,32)19(29)14(8)18(15)28/h5,8,10,25-27,29,32H,3-4,6-7H2,1-2H3,(H2,23,31)/t8-,10+,22+/m1/s1. The third-order valence-corrected chi connectivity index (χ3v) is 6.77. The Labute approximate surface area is 182 Å². The summed E-state index contributed by atoms with van der Waals surface area (Å²) in [5.74, 6) is -6.76. The van der Waals surface area contributed by atoms with Crippen molar-refractivity contribution in [2.75, 3.05) is 19.0 Å². The van der Waals surface area contributed by atoms with Crippen molar-refractivity contribution in [2.24, 2.45) is 17.6 Å². The summed E-state index contributed by atoms with van der Waals surface area (Å²) in [5.41, 5.74) is 2.67. The van der Waals surface area contributed by atoms with Crippen LogP contribution in [0.15, 0.2) is 28.7 Å². The number of aliphatic hydroxyl groups excluding tert-OH is 3. The molecule has 0 saturated heterocycles. The van der Waals surface area contributed by atoms with E-state index in [0.29, 0.717) is 11.3 Å². The van der Waals surface area contributed by atoms with Gasteiger partial charge in [0.05, 0.1) is 12.2 Å². The lowest BCUT2D eigenvalue weighted by atomic mass is 9.60. The van der Waals surface area contributed by atoms with Gasteiger partial charge >= 0.3 is 0 Å². The molecule has 0 bridgehead atoms. The molecule has 0 aromatic heterocycles. The minimum absolute atomic E-state index is 0.0678. The number of anilines is 1. The lowest BCUT2D eigenvalue weighted by Crippen LogP contribution is -2.57. The van der Waals surface area contributed by atoms with Crippen LogP contribution in [0.25, 0.3) is 0 Å². The fourth-order valence-electron chi connectivity index (χ4n) is 5.24. The zero-order valence-corrected chi connectivity index (χ0v) is 17.5. The van der Waals surface area contributed by atoms with Crippen LogP contribution in [0.5, 0.6) is 5.75 Å². The summed E-state index contributed by atoms with van der Waals surface area (Å²) in [5, 5.41) is 52.7. The number of allylic oxidation sites excluding steroid dienone is 2. The molecule has 3 aliphatic carbocycles. The van der Waals surface area contributed by atoms with Crippen LogP contribution in [0.1, 0.15) is 34.3 Å². The molecule has 10 heteroatoms. The first kappa shape index (κ1) is 21.8. The van der Waals surface area contributed by atoms with E-state index < -0.39 is 64.4 Å². The maximum Gasteiger partial charge on any atom is 0.255 e. The fraction of sp³-hybridized carbons (Fsp3) is 0.409. The average Bonchev–Trinajstić information content (AvgIpc) is 2.70. The first-order valence-corrected chi connectivity index (χ1v) is 10.1. The number of benzene rings is 1. The predicted molar refractivity (Wildman–Crippen MR) is 111 cm³/mol. The molecular formula is C22H24N2O8. The minimum Gasteiger partial charge on any atom is -0.511 e. The van der Waals surface area contributed by atoms with Crippen LogP contribution >= 0.6 is 0 Å². The number of aliphatic hydroxyl groups is 4. The predicted octanol–water partition coefficient (Wildman–Crippen LogP) is 0.139. The molecule has 3 aliphatic rings. The topological polar surface area (TPSA) is 182 Å². The molecule has 1 aromatic carbocycles. The highest BCUT2D eigenvalue weighted by Crippen LogP contribution is 2.52. The molecule has 0 fully saturated rings. The highest BCUT2D eigenvalue weighted by Gasteiger charge is 2.59. The maximum atomic E-state index is 13.5. The van der Waals surface area contributed by atoms with Gasteiger partial charge in [0.15, 0.2) is 11.4 Å². The molecule has 0 aliphatic heterocycles. The van der Waals surface area contributed by atoms with Crippen molar-refractivity contribution < 1.29 is 39.9 Å². The summed E-state index contributed by atoms with van der Waals surface area (Å²) in [6.07, 6.45) is 0.00408. The molecule has 0 heterocycles. The van der Waals surface area contributed by atoms with Gasteiger partial charge in [-0.2, -0.15) is 0 Å². The quantitative estimate of drug-likeness (QED) is 0.353. The van der Waals surface area contributed by atoms with Gasteiger partial charge in [0.1, 0.15) is 22.8 Å². The molecule has 0 saturated carbocycles. The van der Waals surface area contributed by atoms with E-state index in [9.17, 15) is 39.9 Å². The molecule has 170 valence electrons. The number of fused-ring (bicyclic) bond motifs is 3. The van der Waals surface area contributed by atoms with Crippen molar-refractivity contribution in [2.45, 2.75) is 31.5 Å². The number of hydrogen-bond acceptors (Lipinski definition) is 9. The van der Waals surface area contributed by atoms with Gasteiger partial charge in [-0.25, -0.2) is 0 Å². The minimum atomic E-state index is -2.59. The van der Waals surface area contributed by atoms with Crippen molar-refractivity contribution in [1.82, 2.24) is 0 Å². The van der Waals surface area contributed by atoms with Gasteiger partial charge in [-0.05, 0) is 30.4 Å². The number of rotatable bonds is 3. The first-order valence-electron chi connectivity index (χ1n) is 10.1. The number of hydrogen-bond donors (Lipinski definition) is 6. The van der Waals surface area contributed by atoms with Gasteiger partial charge in [-0.1, -0.05) is 0 Å². The third kappa shape index (κ3) is 2.69. The molecule has 32 heavy (non-hydrogen) atoms. The zero-order chi connectivity index (χ0) is 23.7. The van der Waals surface area contributed by atoms with Crippen LogP contribution < -0.4 is 10.6 Å². The number of aromatic hydroxyl groups is 1. The van der Waals surface area contributed by atoms with Crippen LogP contribution in [0.2, 0.25) is 0 Å². The van der Waals surface area contributed by atoms with E-state index in [1.165, 1.54) is 0 Å². The van der Waals surface area contributed by atoms with Crippen molar-refractivity contribution in [3.8, 4) is 5.75 Å². The summed E-state index contributed by atoms with van der Waals surface area (Å²) in [7, 11) is 3.49. The third-order valence-electron chi connectivity index (χ3n) is 6.77. The van der Waals surface area contributed by atoms with Gasteiger partial charge in [-0.15, -0.1) is 0 Å². The molecular weight excluding hydrogens is 420 g/mol. The Hall–Kier alpha value is -3.37. The summed E-state index contributed by atoms with van der Waals surface area (Å²) in [4.78, 5) is 39.8. The monoisotopic (exact) mass is 444 g/mol.